The Hall–Kier alpha value is -1.07. The van der Waals surface area contributed by atoms with E-state index >= 15 is 0 Å². The van der Waals surface area contributed by atoms with Crippen LogP contribution in [-0.2, 0) is 15.8 Å². The summed E-state index contributed by atoms with van der Waals surface area (Å²) in [5.74, 6) is -0.787. The van der Waals surface area contributed by atoms with Gasteiger partial charge in [-0.3, -0.25) is 0 Å². The Morgan fingerprint density at radius 3 is 2.36 bits per heavy atom. The van der Waals surface area contributed by atoms with Crippen LogP contribution in [0.3, 0.4) is 0 Å². The van der Waals surface area contributed by atoms with Crippen LogP contribution in [0.25, 0.3) is 0 Å². The van der Waals surface area contributed by atoms with E-state index in [1.165, 1.54) is 12.1 Å². The molecule has 1 aliphatic rings. The Balaban J connectivity index is 2.25. The molecule has 0 aromatic heterocycles. The zero-order chi connectivity index (χ0) is 25.4. The topological polar surface area (TPSA) is 72.7 Å². The summed E-state index contributed by atoms with van der Waals surface area (Å²) in [5, 5.41) is 12.3. The van der Waals surface area contributed by atoms with Crippen molar-refractivity contribution in [1.82, 2.24) is 4.90 Å². The normalized spacial score (nSPS) is 20.5. The minimum atomic E-state index is -2.05. The average Bonchev–Trinajstić information content (AvgIpc) is 2.63. The molecule has 1 aliphatic heterocycles. The maximum absolute atomic E-state index is 14.5. The van der Waals surface area contributed by atoms with Crippen molar-refractivity contribution in [1.29, 1.82) is 0 Å². The molecule has 1 amide bonds. The number of non-ortho nitro benzene ring substituents is 1. The molecule has 1 aromatic carbocycles. The molecule has 186 valence electrons. The van der Waals surface area contributed by atoms with E-state index in [1.807, 2.05) is 6.92 Å². The van der Waals surface area contributed by atoms with E-state index in [4.69, 9.17) is 4.43 Å². The van der Waals surface area contributed by atoms with E-state index in [1.54, 1.807) is 4.90 Å². The Morgan fingerprint density at radius 2 is 1.85 bits per heavy atom. The fourth-order valence-corrected chi connectivity index (χ4v) is 12.7. The van der Waals surface area contributed by atoms with Crippen LogP contribution in [0, 0.1) is 21.8 Å². The molecule has 0 N–H and O–H groups in total. The van der Waals surface area contributed by atoms with Gasteiger partial charge in [0.15, 0.2) is 0 Å². The van der Waals surface area contributed by atoms with Crippen molar-refractivity contribution in [3.05, 3.63) is 39.7 Å². The third-order valence-corrected chi connectivity index (χ3v) is 16.6. The summed E-state index contributed by atoms with van der Waals surface area (Å²) in [7, 11) is -3.26. The fourth-order valence-electron chi connectivity index (χ4n) is 3.52. The first-order valence-corrected chi connectivity index (χ1v) is 20.3. The molecule has 0 aliphatic carbocycles. The number of carbonyl (C=O) groups excluding carboxylic acids is 1. The van der Waals surface area contributed by atoms with Crippen LogP contribution in [0.4, 0.5) is 10.1 Å². The molecular weight excluding hydrogens is 522 g/mol. The number of β-lactam (4-membered cyclic amide) rings is 1. The molecule has 0 bridgehead atoms. The molecule has 0 radical (unpaired) electrons. The molecular formula is C23H39FN2O4SeSi2. The van der Waals surface area contributed by atoms with Gasteiger partial charge in [0.25, 0.3) is 0 Å². The number of nitrogens with zero attached hydrogens (tertiary/aromatic N) is 2. The molecule has 6 nitrogen and oxygen atoms in total. The van der Waals surface area contributed by atoms with Crippen molar-refractivity contribution >= 4 is 42.9 Å². The molecule has 0 unspecified atom stereocenters. The van der Waals surface area contributed by atoms with Gasteiger partial charge in [-0.05, 0) is 0 Å². The average molecular weight is 562 g/mol. The summed E-state index contributed by atoms with van der Waals surface area (Å²) in [6.07, 6.45) is -0.205. The second kappa shape index (κ2) is 10.3. The number of likely N-dealkylation sites (tertiary alicyclic amines) is 1. The summed E-state index contributed by atoms with van der Waals surface area (Å²) in [6, 6.07) is 4.70. The molecule has 33 heavy (non-hydrogen) atoms. The van der Waals surface area contributed by atoms with E-state index < -0.39 is 27.1 Å². The van der Waals surface area contributed by atoms with Gasteiger partial charge < -0.3 is 0 Å². The van der Waals surface area contributed by atoms with Crippen molar-refractivity contribution in [2.45, 2.75) is 94.4 Å². The van der Waals surface area contributed by atoms with Crippen molar-refractivity contribution in [2.75, 3.05) is 0 Å². The SMILES string of the molecule is C[C@@H](O[Si](C)(C)C(C)(C)C)[C@H]1C(=O)N(Cc2cc([N+](=O)[O-])ccc2F)[C@@H]1[Se]CC[Si](C)(C)C. The summed E-state index contributed by atoms with van der Waals surface area (Å²) in [4.78, 5) is 25.6. The first-order valence-electron chi connectivity index (χ1n) is 11.5. The third kappa shape index (κ3) is 6.97. The molecule has 1 fully saturated rings. The van der Waals surface area contributed by atoms with Gasteiger partial charge in [0.1, 0.15) is 0 Å². The third-order valence-electron chi connectivity index (χ3n) is 6.70. The zero-order valence-electron chi connectivity index (χ0n) is 21.4. The molecule has 1 heterocycles. The number of carbonyl (C=O) groups is 1. The van der Waals surface area contributed by atoms with Gasteiger partial charge in [-0.25, -0.2) is 0 Å². The summed E-state index contributed by atoms with van der Waals surface area (Å²) in [5.41, 5.74) is 0.0336. The summed E-state index contributed by atoms with van der Waals surface area (Å²) >= 11 is 0.168. The van der Waals surface area contributed by atoms with E-state index in [9.17, 15) is 19.3 Å². The number of nitro groups is 1. The van der Waals surface area contributed by atoms with E-state index in [0.717, 1.165) is 17.5 Å². The fraction of sp³-hybridized carbons (Fsp3) is 0.696. The number of halogens is 1. The standard InChI is InChI=1S/C23H39FN2O4SeSi2/c1-16(30-33(8,9)23(2,3)4)20-21(27)25(22(20)31-12-13-32(5,6)7)15-17-14-18(26(28)29)10-11-19(17)24/h10-11,14,16,20,22H,12-13,15H2,1-9H3/t16-,20+,22-/m1/s1. The van der Waals surface area contributed by atoms with Gasteiger partial charge in [0.05, 0.1) is 0 Å². The molecule has 0 saturated carbocycles. The van der Waals surface area contributed by atoms with E-state index in [-0.39, 0.29) is 60.7 Å². The molecule has 0 spiro atoms. The predicted molar refractivity (Wildman–Crippen MR) is 137 cm³/mol. The molecule has 1 aromatic rings. The quantitative estimate of drug-likeness (QED) is 0.155. The van der Waals surface area contributed by atoms with Gasteiger partial charge in [-0.1, -0.05) is 0 Å². The Morgan fingerprint density at radius 1 is 1.24 bits per heavy atom. The monoisotopic (exact) mass is 562 g/mol. The molecule has 10 heteroatoms. The van der Waals surface area contributed by atoms with Crippen molar-refractivity contribution in [3.8, 4) is 0 Å². The second-order valence-electron chi connectivity index (χ2n) is 11.7. The van der Waals surface area contributed by atoms with Gasteiger partial charge in [0.2, 0.25) is 0 Å². The van der Waals surface area contributed by atoms with Gasteiger partial charge in [-0.15, -0.1) is 0 Å². The first kappa shape index (κ1) is 28.2. The van der Waals surface area contributed by atoms with Crippen molar-refractivity contribution in [2.24, 2.45) is 5.92 Å². The number of nitro benzene ring substituents is 1. The van der Waals surface area contributed by atoms with Crippen molar-refractivity contribution in [3.63, 3.8) is 0 Å². The number of hydrogen-bond donors (Lipinski definition) is 0. The van der Waals surface area contributed by atoms with Crippen LogP contribution in [0.5, 0.6) is 0 Å². The van der Waals surface area contributed by atoms with Crippen LogP contribution in [0.15, 0.2) is 18.2 Å². The number of amides is 1. The predicted octanol–water partition coefficient (Wildman–Crippen LogP) is 5.89. The van der Waals surface area contributed by atoms with Crippen LogP contribution in [0.2, 0.25) is 49.1 Å². The number of hydrogen-bond acceptors (Lipinski definition) is 4. The Labute approximate surface area is 206 Å². The zero-order valence-corrected chi connectivity index (χ0v) is 25.1. The first-order chi connectivity index (χ1) is 14.9. The second-order valence-corrected chi connectivity index (χ2v) is 24.6. The number of rotatable bonds is 10. The van der Waals surface area contributed by atoms with Crippen LogP contribution < -0.4 is 0 Å². The molecule has 3 atom stereocenters. The number of benzene rings is 1. The van der Waals surface area contributed by atoms with Crippen LogP contribution in [-0.4, -0.2) is 58.1 Å². The van der Waals surface area contributed by atoms with E-state index in [2.05, 4.69) is 53.5 Å². The van der Waals surface area contributed by atoms with Crippen LogP contribution in [0.1, 0.15) is 33.3 Å². The molecule has 2 rings (SSSR count). The Kier molecular flexibility index (Phi) is 8.77. The maximum atomic E-state index is 14.5. The van der Waals surface area contributed by atoms with Crippen molar-refractivity contribution < 1.29 is 18.5 Å². The van der Waals surface area contributed by atoms with Gasteiger partial charge >= 0.3 is 206 Å². The van der Waals surface area contributed by atoms with E-state index in [0.29, 0.717) is 0 Å². The minimum absolute atomic E-state index is 0.0137. The summed E-state index contributed by atoms with van der Waals surface area (Å²) < 4.78 is 21.0. The van der Waals surface area contributed by atoms with Gasteiger partial charge in [0, 0.05) is 0 Å². The Bertz CT molecular complexity index is 886. The van der Waals surface area contributed by atoms with Gasteiger partial charge in [-0.2, -0.15) is 0 Å². The molecule has 1 saturated heterocycles. The van der Waals surface area contributed by atoms with Crippen LogP contribution >= 0.6 is 0 Å². The summed E-state index contributed by atoms with van der Waals surface area (Å²) in [6.45, 7) is 20.0.